The highest BCUT2D eigenvalue weighted by atomic mass is 19.1. The summed E-state index contributed by atoms with van der Waals surface area (Å²) >= 11 is 0. The highest BCUT2D eigenvalue weighted by Gasteiger charge is 2.09. The first-order chi connectivity index (χ1) is 12.6. The first-order valence-electron chi connectivity index (χ1n) is 7.92. The van der Waals surface area contributed by atoms with Crippen molar-refractivity contribution in [2.75, 3.05) is 13.7 Å². The lowest BCUT2D eigenvalue weighted by Crippen LogP contribution is -2.11. The van der Waals surface area contributed by atoms with E-state index in [4.69, 9.17) is 4.74 Å². The van der Waals surface area contributed by atoms with Crippen LogP contribution in [0.3, 0.4) is 0 Å². The molecule has 0 unspecified atom stereocenters. The van der Waals surface area contributed by atoms with Crippen molar-refractivity contribution in [1.29, 1.82) is 0 Å². The van der Waals surface area contributed by atoms with Gasteiger partial charge in [0.05, 0.1) is 19.2 Å². The maximum absolute atomic E-state index is 13.3. The molecule has 0 atom stereocenters. The van der Waals surface area contributed by atoms with Crippen LogP contribution in [0.5, 0.6) is 5.75 Å². The maximum atomic E-state index is 13.3. The third-order valence-electron chi connectivity index (χ3n) is 3.68. The minimum Gasteiger partial charge on any atom is -0.492 e. The maximum Gasteiger partial charge on any atom is 0.337 e. The fourth-order valence-corrected chi connectivity index (χ4v) is 2.31. The summed E-state index contributed by atoms with van der Waals surface area (Å²) in [4.78, 5) is 12.9. The summed E-state index contributed by atoms with van der Waals surface area (Å²) in [5.41, 5.74) is 1.63. The normalized spacial score (nSPS) is 10.6. The van der Waals surface area contributed by atoms with Crippen molar-refractivity contribution in [3.05, 3.63) is 59.4 Å². The lowest BCUT2D eigenvalue weighted by molar-refractivity contribution is 0.0600. The summed E-state index contributed by atoms with van der Waals surface area (Å²) in [5, 5.41) is 12.2. The molecule has 8 heteroatoms. The predicted octanol–water partition coefficient (Wildman–Crippen LogP) is 2.65. The number of ether oxygens (including phenoxy) is 2. The molecule has 0 fully saturated rings. The molecule has 0 spiro atoms. The summed E-state index contributed by atoms with van der Waals surface area (Å²) in [6.07, 6.45) is 0. The van der Waals surface area contributed by atoms with E-state index in [1.54, 1.807) is 43.3 Å². The zero-order valence-electron chi connectivity index (χ0n) is 14.3. The molecule has 0 aliphatic carbocycles. The molecule has 0 amide bonds. The largest absolute Gasteiger partial charge is 0.492 e. The Morgan fingerprint density at radius 3 is 2.85 bits per heavy atom. The number of benzene rings is 2. The molecule has 0 radical (unpaired) electrons. The van der Waals surface area contributed by atoms with Crippen LogP contribution in [0.2, 0.25) is 0 Å². The third kappa shape index (κ3) is 4.02. The molecule has 0 aliphatic rings. The number of aryl methyl sites for hydroxylation is 1. The molecule has 1 aromatic heterocycles. The Bertz CT molecular complexity index is 926. The number of hydrogen-bond acceptors (Lipinski definition) is 6. The number of carbonyl (C=O) groups is 1. The monoisotopic (exact) mass is 356 g/mol. The molecular weight excluding hydrogens is 339 g/mol. The van der Waals surface area contributed by atoms with Crippen LogP contribution >= 0.6 is 0 Å². The van der Waals surface area contributed by atoms with Gasteiger partial charge in [0.25, 0.3) is 0 Å². The summed E-state index contributed by atoms with van der Waals surface area (Å²) < 4.78 is 23.6. The molecule has 7 nitrogen and oxygen atoms in total. The molecule has 2 aromatic carbocycles. The van der Waals surface area contributed by atoms with E-state index in [-0.39, 0.29) is 5.82 Å². The van der Waals surface area contributed by atoms with E-state index in [9.17, 15) is 9.18 Å². The molecular formula is C18H17FN4O3. The SMILES string of the molecule is COC(=O)c1cccc(OCCn2nnc(-c3ccc(F)c(C)c3)n2)c1. The lowest BCUT2D eigenvalue weighted by atomic mass is 10.1. The Hall–Kier alpha value is -3.29. The molecule has 0 saturated carbocycles. The summed E-state index contributed by atoms with van der Waals surface area (Å²) in [6.45, 7) is 2.35. The Morgan fingerprint density at radius 2 is 2.08 bits per heavy atom. The van der Waals surface area contributed by atoms with Crippen molar-refractivity contribution < 1.29 is 18.7 Å². The second-order valence-corrected chi connectivity index (χ2v) is 5.54. The van der Waals surface area contributed by atoms with E-state index >= 15 is 0 Å². The van der Waals surface area contributed by atoms with Gasteiger partial charge in [0.15, 0.2) is 0 Å². The summed E-state index contributed by atoms with van der Waals surface area (Å²) in [6, 6.07) is 11.4. The van der Waals surface area contributed by atoms with E-state index in [1.807, 2.05) is 0 Å². The minimum absolute atomic E-state index is 0.274. The van der Waals surface area contributed by atoms with Crippen LogP contribution in [0.1, 0.15) is 15.9 Å². The smallest absolute Gasteiger partial charge is 0.337 e. The van der Waals surface area contributed by atoms with Crippen molar-refractivity contribution in [1.82, 2.24) is 20.2 Å². The van der Waals surface area contributed by atoms with Crippen LogP contribution in [0, 0.1) is 12.7 Å². The molecule has 0 aliphatic heterocycles. The number of aromatic nitrogens is 4. The van der Waals surface area contributed by atoms with E-state index in [0.717, 1.165) is 0 Å². The molecule has 26 heavy (non-hydrogen) atoms. The van der Waals surface area contributed by atoms with Gasteiger partial charge in [-0.25, -0.2) is 9.18 Å². The fraction of sp³-hybridized carbons (Fsp3) is 0.222. The van der Waals surface area contributed by atoms with Gasteiger partial charge in [0, 0.05) is 5.56 Å². The first-order valence-corrected chi connectivity index (χ1v) is 7.92. The van der Waals surface area contributed by atoms with Crippen LogP contribution in [0.15, 0.2) is 42.5 Å². The van der Waals surface area contributed by atoms with Gasteiger partial charge in [-0.05, 0) is 54.1 Å². The van der Waals surface area contributed by atoms with Gasteiger partial charge < -0.3 is 9.47 Å². The second-order valence-electron chi connectivity index (χ2n) is 5.54. The van der Waals surface area contributed by atoms with Crippen molar-refractivity contribution in [3.8, 4) is 17.1 Å². The highest BCUT2D eigenvalue weighted by molar-refractivity contribution is 5.89. The van der Waals surface area contributed by atoms with Crippen LogP contribution in [0.25, 0.3) is 11.4 Å². The lowest BCUT2D eigenvalue weighted by Gasteiger charge is -2.06. The second kappa shape index (κ2) is 7.73. The van der Waals surface area contributed by atoms with Crippen LogP contribution in [0.4, 0.5) is 4.39 Å². The van der Waals surface area contributed by atoms with Gasteiger partial charge in [-0.2, -0.15) is 4.80 Å². The molecule has 0 bridgehead atoms. The van der Waals surface area contributed by atoms with E-state index < -0.39 is 5.97 Å². The Labute approximate surface area is 149 Å². The minimum atomic E-state index is -0.423. The average Bonchev–Trinajstić information content (AvgIpc) is 3.12. The Morgan fingerprint density at radius 1 is 1.23 bits per heavy atom. The summed E-state index contributed by atoms with van der Waals surface area (Å²) in [7, 11) is 1.33. The molecule has 1 heterocycles. The molecule has 0 N–H and O–H groups in total. The van der Waals surface area contributed by atoms with Gasteiger partial charge in [-0.15, -0.1) is 10.2 Å². The van der Waals surface area contributed by atoms with Gasteiger partial charge in [0.1, 0.15) is 18.2 Å². The quantitative estimate of drug-likeness (QED) is 0.632. The molecule has 3 rings (SSSR count). The van der Waals surface area contributed by atoms with Crippen molar-refractivity contribution in [2.24, 2.45) is 0 Å². The van der Waals surface area contributed by atoms with Crippen molar-refractivity contribution in [3.63, 3.8) is 0 Å². The molecule has 3 aromatic rings. The molecule has 134 valence electrons. The third-order valence-corrected chi connectivity index (χ3v) is 3.68. The Kier molecular flexibility index (Phi) is 5.21. The number of halogens is 1. The van der Waals surface area contributed by atoms with Crippen molar-refractivity contribution in [2.45, 2.75) is 13.5 Å². The zero-order valence-corrected chi connectivity index (χ0v) is 14.3. The number of hydrogen-bond donors (Lipinski definition) is 0. The van der Waals surface area contributed by atoms with Crippen LogP contribution < -0.4 is 4.74 Å². The van der Waals surface area contributed by atoms with Crippen molar-refractivity contribution >= 4 is 5.97 Å². The number of tetrazole rings is 1. The van der Waals surface area contributed by atoms with Crippen LogP contribution in [-0.4, -0.2) is 39.9 Å². The summed E-state index contributed by atoms with van der Waals surface area (Å²) in [5.74, 6) is 0.263. The topological polar surface area (TPSA) is 79.1 Å². The van der Waals surface area contributed by atoms with E-state index in [0.29, 0.717) is 41.4 Å². The number of carbonyl (C=O) groups excluding carboxylic acids is 1. The standard InChI is InChI=1S/C18H17FN4O3/c1-12-10-13(6-7-16(12)19)17-20-22-23(21-17)8-9-26-15-5-3-4-14(11-15)18(24)25-2/h3-7,10-11H,8-9H2,1-2H3. The van der Waals surface area contributed by atoms with E-state index in [2.05, 4.69) is 20.1 Å². The number of methoxy groups -OCH3 is 1. The zero-order chi connectivity index (χ0) is 18.5. The van der Waals surface area contributed by atoms with E-state index in [1.165, 1.54) is 18.0 Å². The van der Waals surface area contributed by atoms with Gasteiger partial charge in [-0.3, -0.25) is 0 Å². The Balaban J connectivity index is 1.60. The van der Waals surface area contributed by atoms with Gasteiger partial charge >= 0.3 is 5.97 Å². The average molecular weight is 356 g/mol. The van der Waals surface area contributed by atoms with Gasteiger partial charge in [0.2, 0.25) is 5.82 Å². The van der Waals surface area contributed by atoms with Gasteiger partial charge in [-0.1, -0.05) is 6.07 Å². The van der Waals surface area contributed by atoms with Crippen LogP contribution in [-0.2, 0) is 11.3 Å². The fourth-order valence-electron chi connectivity index (χ4n) is 2.31. The number of rotatable bonds is 6. The first kappa shape index (κ1) is 17.5. The number of esters is 1. The number of nitrogens with zero attached hydrogens (tertiary/aromatic N) is 4. The highest BCUT2D eigenvalue weighted by Crippen LogP contribution is 2.17. The predicted molar refractivity (Wildman–Crippen MR) is 91.2 cm³/mol. The molecule has 0 saturated heterocycles.